The van der Waals surface area contributed by atoms with Gasteiger partial charge >= 0.3 is 5.97 Å². The van der Waals surface area contributed by atoms with E-state index in [1.54, 1.807) is 24.5 Å². The quantitative estimate of drug-likeness (QED) is 0.815. The maximum atomic E-state index is 12.3. The minimum Gasteiger partial charge on any atom is -0.457 e. The standard InChI is InChI=1S/C18H18N2O3/c21-17(16-3-1-10-22-16)23-18-6-2-9-20(13-18)15(12-18)11-14-4-7-19-8-5-14/h1,3-5,7-8,10-11H,2,6,9,12-13H2/b15-11+. The molecule has 23 heavy (non-hydrogen) atoms. The molecule has 0 N–H and O–H groups in total. The smallest absolute Gasteiger partial charge is 0.374 e. The second-order valence-electron chi connectivity index (χ2n) is 6.17. The van der Waals surface area contributed by atoms with E-state index >= 15 is 0 Å². The lowest BCUT2D eigenvalue weighted by Crippen LogP contribution is -2.42. The summed E-state index contributed by atoms with van der Waals surface area (Å²) in [6.45, 7) is 1.77. The Bertz CT molecular complexity index is 724. The van der Waals surface area contributed by atoms with Crippen molar-refractivity contribution in [2.75, 3.05) is 13.1 Å². The number of furan rings is 1. The summed E-state index contributed by atoms with van der Waals surface area (Å²) in [4.78, 5) is 18.6. The molecule has 0 spiro atoms. The Morgan fingerprint density at radius 1 is 1.35 bits per heavy atom. The van der Waals surface area contributed by atoms with Crippen LogP contribution in [0.25, 0.3) is 6.08 Å². The molecule has 2 fully saturated rings. The number of ether oxygens (including phenoxy) is 1. The molecule has 0 saturated carbocycles. The number of hydrogen-bond acceptors (Lipinski definition) is 5. The third-order valence-corrected chi connectivity index (χ3v) is 4.52. The van der Waals surface area contributed by atoms with E-state index in [1.165, 1.54) is 12.0 Å². The molecule has 4 rings (SSSR count). The zero-order valence-corrected chi connectivity index (χ0v) is 12.8. The molecule has 118 valence electrons. The van der Waals surface area contributed by atoms with Gasteiger partial charge in [-0.1, -0.05) is 0 Å². The second-order valence-corrected chi connectivity index (χ2v) is 6.17. The fourth-order valence-electron chi connectivity index (χ4n) is 3.48. The molecule has 0 aromatic carbocycles. The summed E-state index contributed by atoms with van der Waals surface area (Å²) in [5.41, 5.74) is 1.91. The highest BCUT2D eigenvalue weighted by Crippen LogP contribution is 2.41. The monoisotopic (exact) mass is 310 g/mol. The van der Waals surface area contributed by atoms with Crippen LogP contribution in [0.1, 0.15) is 35.4 Å². The molecule has 2 aromatic heterocycles. The average Bonchev–Trinajstić information content (AvgIpc) is 3.16. The van der Waals surface area contributed by atoms with E-state index < -0.39 is 5.60 Å². The minimum absolute atomic E-state index is 0.267. The zero-order chi connectivity index (χ0) is 15.7. The number of nitrogens with zero attached hydrogens (tertiary/aromatic N) is 2. The average molecular weight is 310 g/mol. The molecule has 1 atom stereocenters. The number of piperidine rings is 1. The number of fused-ring (bicyclic) bond motifs is 2. The highest BCUT2D eigenvalue weighted by Gasteiger charge is 2.46. The summed E-state index contributed by atoms with van der Waals surface area (Å²) in [6.07, 6.45) is 9.90. The van der Waals surface area contributed by atoms with E-state index in [0.29, 0.717) is 0 Å². The lowest BCUT2D eigenvalue weighted by Gasteiger charge is -2.33. The Morgan fingerprint density at radius 3 is 3.00 bits per heavy atom. The van der Waals surface area contributed by atoms with Gasteiger partial charge in [-0.3, -0.25) is 4.98 Å². The molecule has 2 bridgehead atoms. The SMILES string of the molecule is O=C(OC12CCCN(C1)/C(=C/c1ccncc1)C2)c1ccco1. The summed E-state index contributed by atoms with van der Waals surface area (Å²) in [5, 5.41) is 0. The van der Waals surface area contributed by atoms with Gasteiger partial charge in [0.2, 0.25) is 5.76 Å². The summed E-state index contributed by atoms with van der Waals surface area (Å²) in [6, 6.07) is 7.31. The lowest BCUT2D eigenvalue weighted by atomic mass is 9.94. The molecular weight excluding hydrogens is 292 g/mol. The number of carbonyl (C=O) groups excluding carboxylic acids is 1. The van der Waals surface area contributed by atoms with Gasteiger partial charge < -0.3 is 14.1 Å². The van der Waals surface area contributed by atoms with Crippen molar-refractivity contribution in [3.8, 4) is 0 Å². The molecule has 2 saturated heterocycles. The molecule has 4 heterocycles. The van der Waals surface area contributed by atoms with Crippen molar-refractivity contribution in [1.82, 2.24) is 9.88 Å². The van der Waals surface area contributed by atoms with Gasteiger partial charge in [0, 0.05) is 31.1 Å². The lowest BCUT2D eigenvalue weighted by molar-refractivity contribution is -0.0296. The number of pyridine rings is 1. The largest absolute Gasteiger partial charge is 0.457 e. The van der Waals surface area contributed by atoms with E-state index in [2.05, 4.69) is 16.0 Å². The van der Waals surface area contributed by atoms with Crippen LogP contribution in [0, 0.1) is 0 Å². The van der Waals surface area contributed by atoms with E-state index in [9.17, 15) is 4.79 Å². The van der Waals surface area contributed by atoms with E-state index in [-0.39, 0.29) is 11.7 Å². The molecule has 2 aliphatic rings. The molecule has 2 aromatic rings. The molecule has 5 heteroatoms. The van der Waals surface area contributed by atoms with Crippen LogP contribution < -0.4 is 0 Å². The van der Waals surface area contributed by atoms with Gasteiger partial charge in [0.05, 0.1) is 12.8 Å². The van der Waals surface area contributed by atoms with Crippen LogP contribution in [0.2, 0.25) is 0 Å². The first-order valence-electron chi connectivity index (χ1n) is 7.87. The third kappa shape index (κ3) is 2.74. The molecule has 0 aliphatic carbocycles. The normalized spacial score (nSPS) is 24.9. The molecule has 0 radical (unpaired) electrons. The van der Waals surface area contributed by atoms with Crippen molar-refractivity contribution in [2.24, 2.45) is 0 Å². The Labute approximate surface area is 134 Å². The van der Waals surface area contributed by atoms with Gasteiger partial charge in [0.1, 0.15) is 5.60 Å². The highest BCUT2D eigenvalue weighted by atomic mass is 16.6. The minimum atomic E-state index is -0.430. The van der Waals surface area contributed by atoms with Crippen molar-refractivity contribution in [3.05, 3.63) is 59.9 Å². The number of carbonyl (C=O) groups is 1. The van der Waals surface area contributed by atoms with Crippen LogP contribution in [-0.2, 0) is 4.74 Å². The van der Waals surface area contributed by atoms with Crippen LogP contribution in [0.15, 0.2) is 53.0 Å². The van der Waals surface area contributed by atoms with Crippen molar-refractivity contribution in [1.29, 1.82) is 0 Å². The molecule has 2 aliphatic heterocycles. The van der Waals surface area contributed by atoms with Crippen molar-refractivity contribution < 1.29 is 13.9 Å². The number of aromatic nitrogens is 1. The first-order valence-corrected chi connectivity index (χ1v) is 7.87. The first kappa shape index (κ1) is 14.1. The first-order chi connectivity index (χ1) is 11.2. The van der Waals surface area contributed by atoms with Crippen LogP contribution in [0.4, 0.5) is 0 Å². The van der Waals surface area contributed by atoms with Gasteiger partial charge in [0.25, 0.3) is 0 Å². The maximum absolute atomic E-state index is 12.3. The summed E-state index contributed by atoms with van der Waals surface area (Å²) in [5.74, 6) is -0.106. The van der Waals surface area contributed by atoms with Crippen LogP contribution in [0.3, 0.4) is 0 Å². The van der Waals surface area contributed by atoms with E-state index in [4.69, 9.17) is 9.15 Å². The van der Waals surface area contributed by atoms with Crippen molar-refractivity contribution >= 4 is 12.0 Å². The number of rotatable bonds is 3. The molecule has 1 unspecified atom stereocenters. The molecule has 0 amide bonds. The topological polar surface area (TPSA) is 55.6 Å². The molecule has 5 nitrogen and oxygen atoms in total. The maximum Gasteiger partial charge on any atom is 0.374 e. The Morgan fingerprint density at radius 2 is 2.22 bits per heavy atom. The van der Waals surface area contributed by atoms with Gasteiger partial charge in [-0.15, -0.1) is 0 Å². The summed E-state index contributed by atoms with van der Waals surface area (Å²) >= 11 is 0. The highest BCUT2D eigenvalue weighted by molar-refractivity contribution is 5.86. The van der Waals surface area contributed by atoms with Gasteiger partial charge in [-0.25, -0.2) is 4.79 Å². The predicted octanol–water partition coefficient (Wildman–Crippen LogP) is 3.11. The van der Waals surface area contributed by atoms with Crippen molar-refractivity contribution in [2.45, 2.75) is 24.9 Å². The van der Waals surface area contributed by atoms with Crippen LogP contribution in [-0.4, -0.2) is 34.5 Å². The van der Waals surface area contributed by atoms with E-state index in [1.807, 2.05) is 12.1 Å². The van der Waals surface area contributed by atoms with Crippen molar-refractivity contribution in [3.63, 3.8) is 0 Å². The Hall–Kier alpha value is -2.56. The number of esters is 1. The Kier molecular flexibility index (Phi) is 3.41. The molecular formula is C18H18N2O3. The fourth-order valence-corrected chi connectivity index (χ4v) is 3.48. The number of hydrogen-bond donors (Lipinski definition) is 0. The second kappa shape index (κ2) is 5.57. The van der Waals surface area contributed by atoms with Crippen LogP contribution >= 0.6 is 0 Å². The van der Waals surface area contributed by atoms with Gasteiger partial charge in [-0.2, -0.15) is 0 Å². The summed E-state index contributed by atoms with van der Waals surface area (Å²) in [7, 11) is 0. The van der Waals surface area contributed by atoms with Gasteiger partial charge in [0.15, 0.2) is 0 Å². The Balaban J connectivity index is 1.56. The third-order valence-electron chi connectivity index (χ3n) is 4.52. The van der Waals surface area contributed by atoms with Gasteiger partial charge in [-0.05, 0) is 48.7 Å². The van der Waals surface area contributed by atoms with E-state index in [0.717, 1.165) is 37.9 Å². The zero-order valence-electron chi connectivity index (χ0n) is 12.8. The fraction of sp³-hybridized carbons (Fsp3) is 0.333. The summed E-state index contributed by atoms with van der Waals surface area (Å²) < 4.78 is 11.0. The van der Waals surface area contributed by atoms with Crippen LogP contribution in [0.5, 0.6) is 0 Å². The predicted molar refractivity (Wildman–Crippen MR) is 84.5 cm³/mol.